The minimum atomic E-state index is -0.0357. The Bertz CT molecular complexity index is 376. The van der Waals surface area contributed by atoms with Gasteiger partial charge < -0.3 is 17.0 Å². The number of carbonyl (C=O) groups is 1. The van der Waals surface area contributed by atoms with E-state index in [0.29, 0.717) is 12.2 Å². The first-order chi connectivity index (χ1) is 7.60. The molecule has 17 heavy (non-hydrogen) atoms. The highest BCUT2D eigenvalue weighted by Crippen LogP contribution is 2.07. The first kappa shape index (κ1) is 16.3. The van der Waals surface area contributed by atoms with Crippen molar-refractivity contribution in [3.63, 3.8) is 0 Å². The van der Waals surface area contributed by atoms with Crippen LogP contribution in [-0.2, 0) is 11.2 Å². The van der Waals surface area contributed by atoms with Crippen molar-refractivity contribution in [2.75, 3.05) is 0 Å². The van der Waals surface area contributed by atoms with Crippen LogP contribution in [0.15, 0.2) is 18.3 Å². The molecule has 1 aromatic rings. The lowest BCUT2D eigenvalue weighted by Gasteiger charge is -2.09. The van der Waals surface area contributed by atoms with E-state index in [1.807, 2.05) is 13.8 Å². The number of halogens is 1. The maximum absolute atomic E-state index is 11.9. The second-order valence-electron chi connectivity index (χ2n) is 4.33. The summed E-state index contributed by atoms with van der Waals surface area (Å²) < 4.78 is 2.09. The fourth-order valence-electron chi connectivity index (χ4n) is 1.87. The molecule has 0 radical (unpaired) electrons. The number of rotatable bonds is 5. The molecule has 3 heteroatoms. The molecule has 0 saturated heterocycles. The zero-order chi connectivity index (χ0) is 12.1. The monoisotopic (exact) mass is 299 g/mol. The van der Waals surface area contributed by atoms with Gasteiger partial charge in [0.1, 0.15) is 0 Å². The Hall–Kier alpha value is -0.700. The number of carbonyl (C=O) groups excluding carboxylic acids is 1. The molecule has 0 spiro atoms. The van der Waals surface area contributed by atoms with Gasteiger partial charge in [0.05, 0.1) is 0 Å². The Kier molecular flexibility index (Phi) is 7.28. The highest BCUT2D eigenvalue weighted by Gasteiger charge is 2.23. The number of hydrogen-bond acceptors (Lipinski definition) is 1. The van der Waals surface area contributed by atoms with Crippen molar-refractivity contribution in [2.24, 2.45) is 0 Å². The average Bonchev–Trinajstić information content (AvgIpc) is 2.29. The van der Waals surface area contributed by atoms with E-state index in [1.165, 1.54) is 5.56 Å². The molecular weight excluding hydrogens is 278 g/mol. The Morgan fingerprint density at radius 2 is 2.00 bits per heavy atom. The molecule has 1 heterocycles. The van der Waals surface area contributed by atoms with Crippen LogP contribution in [0.1, 0.15) is 50.9 Å². The van der Waals surface area contributed by atoms with Crippen LogP contribution in [0.3, 0.4) is 0 Å². The lowest BCUT2D eigenvalue weighted by atomic mass is 10.1. The predicted molar refractivity (Wildman–Crippen MR) is 65.4 cm³/mol. The van der Waals surface area contributed by atoms with E-state index in [-0.39, 0.29) is 23.0 Å². The van der Waals surface area contributed by atoms with Crippen LogP contribution in [-0.4, -0.2) is 5.78 Å². The summed E-state index contributed by atoms with van der Waals surface area (Å²) in [5.41, 5.74) is 2.43. The van der Waals surface area contributed by atoms with Crippen LogP contribution < -0.4 is 21.5 Å². The number of ketones is 1. The molecule has 0 aliphatic rings. The molecular formula is C14H22BrNO. The SMILES string of the molecule is CCCC(=O)C(C)[n+]1cc(CC)ccc1C.[Br-]. The molecule has 1 rings (SSSR count). The zero-order valence-corrected chi connectivity index (χ0v) is 12.8. The van der Waals surface area contributed by atoms with Crippen LogP contribution in [0.4, 0.5) is 0 Å². The number of aromatic nitrogens is 1. The Morgan fingerprint density at radius 1 is 1.35 bits per heavy atom. The summed E-state index contributed by atoms with van der Waals surface area (Å²) in [5.74, 6) is 0.323. The van der Waals surface area contributed by atoms with Crippen LogP contribution in [0.25, 0.3) is 0 Å². The van der Waals surface area contributed by atoms with Crippen LogP contribution in [0.2, 0.25) is 0 Å². The van der Waals surface area contributed by atoms with Gasteiger partial charge in [-0.3, -0.25) is 4.79 Å². The third kappa shape index (κ3) is 4.23. The number of Topliss-reactive ketones (excluding diaryl/α,β-unsaturated/α-hetero) is 1. The summed E-state index contributed by atoms with van der Waals surface area (Å²) in [6, 6.07) is 4.18. The van der Waals surface area contributed by atoms with Crippen molar-refractivity contribution >= 4 is 5.78 Å². The molecule has 0 aromatic carbocycles. The maximum atomic E-state index is 11.9. The molecule has 1 aromatic heterocycles. The van der Waals surface area contributed by atoms with Gasteiger partial charge in [-0.15, -0.1) is 0 Å². The van der Waals surface area contributed by atoms with Crippen molar-refractivity contribution in [3.8, 4) is 0 Å². The third-order valence-electron chi connectivity index (χ3n) is 3.04. The van der Waals surface area contributed by atoms with Gasteiger partial charge in [-0.2, -0.15) is 4.57 Å². The third-order valence-corrected chi connectivity index (χ3v) is 3.04. The first-order valence-electron chi connectivity index (χ1n) is 6.13. The van der Waals surface area contributed by atoms with E-state index < -0.39 is 0 Å². The van der Waals surface area contributed by atoms with E-state index in [1.54, 1.807) is 0 Å². The lowest BCUT2D eigenvalue weighted by molar-refractivity contribution is -0.711. The minimum absolute atomic E-state index is 0. The summed E-state index contributed by atoms with van der Waals surface area (Å²) in [4.78, 5) is 11.9. The van der Waals surface area contributed by atoms with Gasteiger partial charge in [-0.25, -0.2) is 0 Å². The number of pyridine rings is 1. The van der Waals surface area contributed by atoms with Crippen molar-refractivity contribution < 1.29 is 26.3 Å². The number of nitrogens with zero attached hydrogens (tertiary/aromatic N) is 1. The summed E-state index contributed by atoms with van der Waals surface area (Å²) in [6.07, 6.45) is 4.71. The quantitative estimate of drug-likeness (QED) is 0.689. The van der Waals surface area contributed by atoms with E-state index in [4.69, 9.17) is 0 Å². The van der Waals surface area contributed by atoms with Gasteiger partial charge in [0.2, 0.25) is 6.04 Å². The second kappa shape index (κ2) is 7.59. The standard InChI is InChI=1S/C14H22NO.BrH/c1-5-7-14(16)12(4)15-10-13(6-2)9-8-11(15)3;/h8-10,12H,5-7H2,1-4H3;1H/q+1;/p-1. The molecule has 0 saturated carbocycles. The van der Waals surface area contributed by atoms with Gasteiger partial charge in [-0.05, 0) is 18.9 Å². The highest BCUT2D eigenvalue weighted by atomic mass is 79.9. The summed E-state index contributed by atoms with van der Waals surface area (Å²) in [7, 11) is 0. The van der Waals surface area contributed by atoms with Crippen LogP contribution >= 0.6 is 0 Å². The smallest absolute Gasteiger partial charge is 0.213 e. The van der Waals surface area contributed by atoms with Gasteiger partial charge >= 0.3 is 0 Å². The Balaban J connectivity index is 0.00000256. The normalized spacial score (nSPS) is 11.8. The molecule has 1 unspecified atom stereocenters. The van der Waals surface area contributed by atoms with Gasteiger partial charge in [0.25, 0.3) is 0 Å². The van der Waals surface area contributed by atoms with Gasteiger partial charge in [0.15, 0.2) is 17.7 Å². The van der Waals surface area contributed by atoms with Gasteiger partial charge in [-0.1, -0.05) is 13.8 Å². The summed E-state index contributed by atoms with van der Waals surface area (Å²) in [5, 5.41) is 0. The first-order valence-corrected chi connectivity index (χ1v) is 6.13. The van der Waals surface area contributed by atoms with Crippen molar-refractivity contribution in [2.45, 2.75) is 53.0 Å². The predicted octanol–water partition coefficient (Wildman–Crippen LogP) is -0.221. The fraction of sp³-hybridized carbons (Fsp3) is 0.571. The molecule has 0 aliphatic carbocycles. The molecule has 96 valence electrons. The molecule has 0 aliphatic heterocycles. The largest absolute Gasteiger partial charge is 1.00 e. The molecule has 0 bridgehead atoms. The summed E-state index contributed by atoms with van der Waals surface area (Å²) >= 11 is 0. The highest BCUT2D eigenvalue weighted by molar-refractivity contribution is 5.80. The van der Waals surface area contributed by atoms with Crippen LogP contribution in [0.5, 0.6) is 0 Å². The minimum Gasteiger partial charge on any atom is -1.00 e. The maximum Gasteiger partial charge on any atom is 0.213 e. The van der Waals surface area contributed by atoms with E-state index in [0.717, 1.165) is 18.5 Å². The van der Waals surface area contributed by atoms with Crippen molar-refractivity contribution in [1.82, 2.24) is 0 Å². The molecule has 0 fully saturated rings. The number of hydrogen-bond donors (Lipinski definition) is 0. The summed E-state index contributed by atoms with van der Waals surface area (Å²) in [6.45, 7) is 8.22. The lowest BCUT2D eigenvalue weighted by Crippen LogP contribution is -3.00. The van der Waals surface area contributed by atoms with Crippen LogP contribution in [0, 0.1) is 6.92 Å². The van der Waals surface area contributed by atoms with E-state index in [2.05, 4.69) is 36.7 Å². The van der Waals surface area contributed by atoms with E-state index in [9.17, 15) is 4.79 Å². The molecule has 0 amide bonds. The topological polar surface area (TPSA) is 20.9 Å². The van der Waals surface area contributed by atoms with Gasteiger partial charge in [0, 0.05) is 31.9 Å². The van der Waals surface area contributed by atoms with Crippen molar-refractivity contribution in [3.05, 3.63) is 29.6 Å². The molecule has 0 N–H and O–H groups in total. The molecule has 2 nitrogen and oxygen atoms in total. The average molecular weight is 300 g/mol. The second-order valence-corrected chi connectivity index (χ2v) is 4.33. The Labute approximate surface area is 115 Å². The number of aryl methyl sites for hydroxylation is 2. The Morgan fingerprint density at radius 3 is 2.53 bits per heavy atom. The van der Waals surface area contributed by atoms with Crippen molar-refractivity contribution in [1.29, 1.82) is 0 Å². The zero-order valence-electron chi connectivity index (χ0n) is 11.2. The fourth-order valence-corrected chi connectivity index (χ4v) is 1.87. The molecule has 1 atom stereocenters. The van der Waals surface area contributed by atoms with E-state index >= 15 is 0 Å².